The molecule has 13 rings (SSSR count). The Morgan fingerprint density at radius 2 is 0.929 bits per heavy atom. The Morgan fingerprint density at radius 3 is 1.68 bits per heavy atom. The zero-order valence-corrected chi connectivity index (χ0v) is 30.0. The van der Waals surface area contributed by atoms with E-state index in [4.69, 9.17) is 14.4 Å². The van der Waals surface area contributed by atoms with Crippen molar-refractivity contribution in [3.05, 3.63) is 176 Å². The third kappa shape index (κ3) is 3.87. The molecular formula is C52H29N3O. The van der Waals surface area contributed by atoms with E-state index in [-0.39, 0.29) is 0 Å². The molecule has 4 nitrogen and oxygen atoms in total. The number of aromatic nitrogens is 3. The van der Waals surface area contributed by atoms with Crippen molar-refractivity contribution in [1.82, 2.24) is 14.5 Å². The average Bonchev–Trinajstić information content (AvgIpc) is 3.82. The van der Waals surface area contributed by atoms with E-state index in [2.05, 4.69) is 180 Å². The molecule has 56 heavy (non-hydrogen) atoms. The molecule has 258 valence electrons. The van der Waals surface area contributed by atoms with E-state index in [0.29, 0.717) is 5.95 Å². The van der Waals surface area contributed by atoms with Crippen molar-refractivity contribution < 1.29 is 4.42 Å². The first-order chi connectivity index (χ1) is 27.8. The van der Waals surface area contributed by atoms with E-state index >= 15 is 0 Å². The lowest BCUT2D eigenvalue weighted by molar-refractivity contribution is 0.673. The van der Waals surface area contributed by atoms with Crippen LogP contribution in [0.5, 0.6) is 0 Å². The molecule has 0 radical (unpaired) electrons. The lowest BCUT2D eigenvalue weighted by Crippen LogP contribution is -2.03. The van der Waals surface area contributed by atoms with Gasteiger partial charge in [0.2, 0.25) is 5.95 Å². The number of hydrogen-bond acceptors (Lipinski definition) is 3. The maximum Gasteiger partial charge on any atom is 0.235 e. The van der Waals surface area contributed by atoms with Gasteiger partial charge < -0.3 is 4.42 Å². The van der Waals surface area contributed by atoms with Gasteiger partial charge in [0.1, 0.15) is 11.2 Å². The summed E-state index contributed by atoms with van der Waals surface area (Å²) in [6.45, 7) is 0. The number of fused-ring (bicyclic) bond motifs is 20. The van der Waals surface area contributed by atoms with Crippen molar-refractivity contribution in [3.8, 4) is 17.2 Å². The summed E-state index contributed by atoms with van der Waals surface area (Å²) in [5.41, 5.74) is 6.76. The summed E-state index contributed by atoms with van der Waals surface area (Å²) in [6.07, 6.45) is 0. The van der Waals surface area contributed by atoms with Gasteiger partial charge in [-0.3, -0.25) is 4.57 Å². The normalized spacial score (nSPS) is 12.3. The minimum absolute atomic E-state index is 0.638. The van der Waals surface area contributed by atoms with Crippen molar-refractivity contribution in [3.63, 3.8) is 0 Å². The minimum Gasteiger partial charge on any atom is -0.455 e. The quantitative estimate of drug-likeness (QED) is 0.168. The van der Waals surface area contributed by atoms with Gasteiger partial charge in [-0.1, -0.05) is 152 Å². The summed E-state index contributed by atoms with van der Waals surface area (Å²) in [5.74, 6) is 0.638. The molecule has 13 aromatic rings. The summed E-state index contributed by atoms with van der Waals surface area (Å²) >= 11 is 0. The third-order valence-corrected chi connectivity index (χ3v) is 11.9. The SMILES string of the molecule is c1ccc(-c2nc(-n3c4ccccc4c4c5c(ccc43)oc3c4c6ccccc6c6ccccc6c4c4ccccc4c35)nc3c2ccc2ccccc23)cc1. The molecule has 10 aromatic carbocycles. The first kappa shape index (κ1) is 29.8. The molecule has 0 fully saturated rings. The predicted octanol–water partition coefficient (Wildman–Crippen LogP) is 14.1. The number of rotatable bonds is 2. The van der Waals surface area contributed by atoms with Crippen LogP contribution in [0.15, 0.2) is 180 Å². The lowest BCUT2D eigenvalue weighted by atomic mass is 9.89. The van der Waals surface area contributed by atoms with Crippen LogP contribution in [0.1, 0.15) is 0 Å². The van der Waals surface area contributed by atoms with Crippen LogP contribution < -0.4 is 0 Å². The number of furan rings is 1. The van der Waals surface area contributed by atoms with Gasteiger partial charge in [0.05, 0.1) is 22.2 Å². The molecule has 4 heteroatoms. The van der Waals surface area contributed by atoms with Gasteiger partial charge in [0, 0.05) is 48.7 Å². The van der Waals surface area contributed by atoms with Crippen LogP contribution >= 0.6 is 0 Å². The molecule has 0 saturated carbocycles. The molecular weight excluding hydrogens is 683 g/mol. The molecule has 0 amide bonds. The van der Waals surface area contributed by atoms with Crippen LogP contribution in [0, 0.1) is 0 Å². The Hall–Kier alpha value is -7.56. The third-order valence-electron chi connectivity index (χ3n) is 11.9. The molecule has 0 atom stereocenters. The highest BCUT2D eigenvalue weighted by atomic mass is 16.3. The summed E-state index contributed by atoms with van der Waals surface area (Å²) < 4.78 is 9.40. The predicted molar refractivity (Wildman–Crippen MR) is 234 cm³/mol. The number of nitrogens with zero attached hydrogens (tertiary/aromatic N) is 3. The number of benzene rings is 10. The molecule has 0 N–H and O–H groups in total. The van der Waals surface area contributed by atoms with Gasteiger partial charge >= 0.3 is 0 Å². The Balaban J connectivity index is 1.23. The summed E-state index contributed by atoms with van der Waals surface area (Å²) in [4.78, 5) is 10.9. The van der Waals surface area contributed by atoms with Crippen molar-refractivity contribution >= 4 is 109 Å². The maximum absolute atomic E-state index is 7.15. The maximum atomic E-state index is 7.15. The largest absolute Gasteiger partial charge is 0.455 e. The summed E-state index contributed by atoms with van der Waals surface area (Å²) in [5, 5.41) is 17.5. The van der Waals surface area contributed by atoms with Crippen LogP contribution in [0.2, 0.25) is 0 Å². The van der Waals surface area contributed by atoms with E-state index in [9.17, 15) is 0 Å². The number of para-hydroxylation sites is 1. The first-order valence-electron chi connectivity index (χ1n) is 19.1. The van der Waals surface area contributed by atoms with Gasteiger partial charge in [-0.2, -0.15) is 0 Å². The van der Waals surface area contributed by atoms with Crippen molar-refractivity contribution in [2.75, 3.05) is 0 Å². The Labute approximate surface area is 319 Å². The van der Waals surface area contributed by atoms with E-state index < -0.39 is 0 Å². The van der Waals surface area contributed by atoms with Crippen LogP contribution in [-0.4, -0.2) is 14.5 Å². The fourth-order valence-electron chi connectivity index (χ4n) is 9.64. The molecule has 0 aliphatic heterocycles. The molecule has 3 heterocycles. The molecule has 0 unspecified atom stereocenters. The molecule has 0 bridgehead atoms. The van der Waals surface area contributed by atoms with E-state index in [0.717, 1.165) is 82.1 Å². The average molecular weight is 712 g/mol. The molecule has 3 aromatic heterocycles. The van der Waals surface area contributed by atoms with Crippen molar-refractivity contribution in [2.24, 2.45) is 0 Å². The lowest BCUT2D eigenvalue weighted by Gasteiger charge is -2.14. The van der Waals surface area contributed by atoms with Crippen LogP contribution in [0.4, 0.5) is 0 Å². The fourth-order valence-corrected chi connectivity index (χ4v) is 9.64. The van der Waals surface area contributed by atoms with Crippen LogP contribution in [-0.2, 0) is 0 Å². The van der Waals surface area contributed by atoms with Gasteiger partial charge in [-0.05, 0) is 62.0 Å². The van der Waals surface area contributed by atoms with Gasteiger partial charge in [0.15, 0.2) is 0 Å². The molecule has 0 aliphatic carbocycles. The van der Waals surface area contributed by atoms with Crippen LogP contribution in [0.3, 0.4) is 0 Å². The smallest absolute Gasteiger partial charge is 0.235 e. The van der Waals surface area contributed by atoms with E-state index in [1.54, 1.807) is 0 Å². The highest BCUT2D eigenvalue weighted by Gasteiger charge is 2.25. The molecule has 0 spiro atoms. The van der Waals surface area contributed by atoms with Gasteiger partial charge in [-0.25, -0.2) is 9.97 Å². The van der Waals surface area contributed by atoms with Gasteiger partial charge in [0.25, 0.3) is 0 Å². The second kappa shape index (κ2) is 11.0. The minimum atomic E-state index is 0.638. The Kier molecular flexibility index (Phi) is 5.86. The Bertz CT molecular complexity index is 3820. The second-order valence-electron chi connectivity index (χ2n) is 14.8. The molecule has 0 saturated heterocycles. The zero-order valence-electron chi connectivity index (χ0n) is 30.0. The number of hydrogen-bond donors (Lipinski definition) is 0. The Morgan fingerprint density at radius 1 is 0.357 bits per heavy atom. The first-order valence-corrected chi connectivity index (χ1v) is 19.1. The van der Waals surface area contributed by atoms with Crippen LogP contribution in [0.25, 0.3) is 126 Å². The second-order valence-corrected chi connectivity index (χ2v) is 14.8. The topological polar surface area (TPSA) is 43.9 Å². The van der Waals surface area contributed by atoms with E-state index in [1.165, 1.54) is 37.7 Å². The fraction of sp³-hybridized carbons (Fsp3) is 0. The highest BCUT2D eigenvalue weighted by Crippen LogP contribution is 2.49. The van der Waals surface area contributed by atoms with Crippen molar-refractivity contribution in [2.45, 2.75) is 0 Å². The van der Waals surface area contributed by atoms with Crippen molar-refractivity contribution in [1.29, 1.82) is 0 Å². The van der Waals surface area contributed by atoms with Gasteiger partial charge in [-0.15, -0.1) is 0 Å². The highest BCUT2D eigenvalue weighted by molar-refractivity contribution is 6.43. The van der Waals surface area contributed by atoms with E-state index in [1.807, 2.05) is 0 Å². The standard InChI is InChI=1S/C52H29N3O/c1-2-15-31(16-3-1)49-40-27-26-30-14-4-5-17-32(30)50(40)54-52(53-49)55-41-25-13-12-24-39(41)45-42(55)28-29-43-48(45)47-38-23-11-10-22-37(38)44-35-20-8-6-18-33(35)34-19-7-9-21-36(34)46(44)51(47)56-43/h1-29H. The summed E-state index contributed by atoms with van der Waals surface area (Å²) in [6, 6.07) is 62.7. The summed E-state index contributed by atoms with van der Waals surface area (Å²) in [7, 11) is 0. The monoisotopic (exact) mass is 711 g/mol. The molecule has 0 aliphatic rings. The zero-order chi connectivity index (χ0) is 36.5.